The standard InChI is InChI=1S/C25H24Cl2F3N3O2/c1-15(10-21(16-4-6-18(26)7-5-16)17-11-19(27)14-31-13-17)33-23(34)24(2,3)35-20-8-9-32-22(12-20)25(28,29)30/h4-9,11-15,21H,10H2,1-3H3,(H,33,34). The topological polar surface area (TPSA) is 64.1 Å². The molecule has 0 saturated heterocycles. The number of alkyl halides is 3. The van der Waals surface area contributed by atoms with E-state index in [4.69, 9.17) is 27.9 Å². The molecule has 35 heavy (non-hydrogen) atoms. The number of benzene rings is 1. The van der Waals surface area contributed by atoms with Crippen LogP contribution in [-0.2, 0) is 11.0 Å². The van der Waals surface area contributed by atoms with Crippen molar-refractivity contribution in [3.05, 3.63) is 87.9 Å². The van der Waals surface area contributed by atoms with Gasteiger partial charge in [0.15, 0.2) is 5.60 Å². The van der Waals surface area contributed by atoms with E-state index >= 15 is 0 Å². The van der Waals surface area contributed by atoms with Gasteiger partial charge in [-0.3, -0.25) is 14.8 Å². The van der Waals surface area contributed by atoms with Crippen molar-refractivity contribution in [3.8, 4) is 5.75 Å². The Morgan fingerprint density at radius 2 is 1.71 bits per heavy atom. The van der Waals surface area contributed by atoms with Gasteiger partial charge in [0, 0.05) is 41.6 Å². The predicted octanol–water partition coefficient (Wildman–Crippen LogP) is 6.69. The third-order valence-corrected chi connectivity index (χ3v) is 5.77. The SMILES string of the molecule is CC(CC(c1ccc(Cl)cc1)c1cncc(Cl)c1)NC(=O)C(C)(C)Oc1ccnc(C(F)(F)F)c1. The van der Waals surface area contributed by atoms with Gasteiger partial charge in [0.1, 0.15) is 11.4 Å². The van der Waals surface area contributed by atoms with Gasteiger partial charge in [0.2, 0.25) is 0 Å². The molecule has 2 atom stereocenters. The molecule has 0 saturated carbocycles. The van der Waals surface area contributed by atoms with E-state index in [0.29, 0.717) is 16.5 Å². The van der Waals surface area contributed by atoms with Crippen molar-refractivity contribution in [2.24, 2.45) is 0 Å². The number of nitrogens with zero attached hydrogens (tertiary/aromatic N) is 2. The predicted molar refractivity (Wildman–Crippen MR) is 129 cm³/mol. The number of aromatic nitrogens is 2. The fourth-order valence-corrected chi connectivity index (χ4v) is 3.87. The first-order valence-electron chi connectivity index (χ1n) is 10.7. The highest BCUT2D eigenvalue weighted by Gasteiger charge is 2.35. The van der Waals surface area contributed by atoms with Gasteiger partial charge >= 0.3 is 6.18 Å². The van der Waals surface area contributed by atoms with Crippen molar-refractivity contribution < 1.29 is 22.7 Å². The Balaban J connectivity index is 1.74. The Kier molecular flexibility index (Phi) is 8.28. The Labute approximate surface area is 211 Å². The molecule has 1 N–H and O–H groups in total. The summed E-state index contributed by atoms with van der Waals surface area (Å²) in [5.74, 6) is -0.731. The maximum Gasteiger partial charge on any atom is 0.433 e. The zero-order valence-corrected chi connectivity index (χ0v) is 20.7. The summed E-state index contributed by atoms with van der Waals surface area (Å²) in [6, 6.07) is 10.9. The van der Waals surface area contributed by atoms with Gasteiger partial charge < -0.3 is 10.1 Å². The monoisotopic (exact) mass is 525 g/mol. The molecule has 0 bridgehead atoms. The summed E-state index contributed by atoms with van der Waals surface area (Å²) in [5.41, 5.74) is -0.703. The Hall–Kier alpha value is -2.84. The van der Waals surface area contributed by atoms with Crippen LogP contribution in [0.2, 0.25) is 10.0 Å². The van der Waals surface area contributed by atoms with Crippen molar-refractivity contribution in [2.75, 3.05) is 0 Å². The lowest BCUT2D eigenvalue weighted by atomic mass is 9.87. The molecule has 0 fully saturated rings. The van der Waals surface area contributed by atoms with Crippen molar-refractivity contribution in [3.63, 3.8) is 0 Å². The van der Waals surface area contributed by atoms with E-state index in [9.17, 15) is 18.0 Å². The molecule has 2 heterocycles. The number of nitrogens with one attached hydrogen (secondary N) is 1. The van der Waals surface area contributed by atoms with Gasteiger partial charge in [-0.2, -0.15) is 13.2 Å². The number of carbonyl (C=O) groups is 1. The Bertz CT molecular complexity index is 1170. The van der Waals surface area contributed by atoms with Crippen molar-refractivity contribution in [1.82, 2.24) is 15.3 Å². The molecule has 0 aliphatic heterocycles. The molecule has 186 valence electrons. The van der Waals surface area contributed by atoms with Crippen LogP contribution in [0.5, 0.6) is 5.75 Å². The van der Waals surface area contributed by atoms with E-state index in [2.05, 4.69) is 15.3 Å². The van der Waals surface area contributed by atoms with Crippen LogP contribution in [0.25, 0.3) is 0 Å². The van der Waals surface area contributed by atoms with Crippen LogP contribution in [0.1, 0.15) is 49.9 Å². The van der Waals surface area contributed by atoms with Crippen LogP contribution < -0.4 is 10.1 Å². The first-order valence-corrected chi connectivity index (χ1v) is 11.5. The van der Waals surface area contributed by atoms with Gasteiger partial charge in [-0.15, -0.1) is 0 Å². The Morgan fingerprint density at radius 3 is 2.34 bits per heavy atom. The summed E-state index contributed by atoms with van der Waals surface area (Å²) in [6.45, 7) is 4.81. The molecule has 0 radical (unpaired) electrons. The summed E-state index contributed by atoms with van der Waals surface area (Å²) < 4.78 is 44.5. The molecule has 1 aromatic carbocycles. The smallest absolute Gasteiger partial charge is 0.433 e. The highest BCUT2D eigenvalue weighted by Crippen LogP contribution is 2.32. The molecule has 3 rings (SSSR count). The number of pyridine rings is 2. The number of carbonyl (C=O) groups excluding carboxylic acids is 1. The van der Waals surface area contributed by atoms with Crippen molar-refractivity contribution in [1.29, 1.82) is 0 Å². The minimum absolute atomic E-state index is 0.107. The lowest BCUT2D eigenvalue weighted by Gasteiger charge is -2.29. The van der Waals surface area contributed by atoms with Crippen molar-refractivity contribution in [2.45, 2.75) is 50.9 Å². The number of amides is 1. The van der Waals surface area contributed by atoms with Gasteiger partial charge in [0.25, 0.3) is 5.91 Å². The molecule has 5 nitrogen and oxygen atoms in total. The van der Waals surface area contributed by atoms with Crippen LogP contribution in [0, 0.1) is 0 Å². The second-order valence-corrected chi connectivity index (χ2v) is 9.51. The molecule has 0 aliphatic carbocycles. The minimum atomic E-state index is -4.62. The lowest BCUT2D eigenvalue weighted by molar-refractivity contribution is -0.141. The first kappa shape index (κ1) is 26.8. The van der Waals surface area contributed by atoms with Gasteiger partial charge in [-0.25, -0.2) is 0 Å². The highest BCUT2D eigenvalue weighted by atomic mass is 35.5. The molecule has 3 aromatic rings. The molecular weight excluding hydrogens is 502 g/mol. The fraction of sp³-hybridized carbons (Fsp3) is 0.320. The average Bonchev–Trinajstić information content (AvgIpc) is 2.77. The summed E-state index contributed by atoms with van der Waals surface area (Å²) in [5, 5.41) is 3.99. The first-order chi connectivity index (χ1) is 16.3. The van der Waals surface area contributed by atoms with Crippen LogP contribution in [0.3, 0.4) is 0 Å². The number of halogens is 5. The van der Waals surface area contributed by atoms with Crippen LogP contribution in [0.4, 0.5) is 13.2 Å². The van der Waals surface area contributed by atoms with E-state index in [1.54, 1.807) is 24.5 Å². The van der Waals surface area contributed by atoms with E-state index in [-0.39, 0.29) is 17.7 Å². The summed E-state index contributed by atoms with van der Waals surface area (Å²) >= 11 is 12.2. The van der Waals surface area contributed by atoms with Crippen LogP contribution >= 0.6 is 23.2 Å². The van der Waals surface area contributed by atoms with E-state index in [0.717, 1.165) is 23.4 Å². The summed E-state index contributed by atoms with van der Waals surface area (Å²) in [7, 11) is 0. The third kappa shape index (κ3) is 7.32. The second kappa shape index (κ2) is 10.8. The molecule has 0 spiro atoms. The molecular formula is C25H24Cl2F3N3O2. The zero-order chi connectivity index (χ0) is 25.8. The fourth-order valence-electron chi connectivity index (χ4n) is 3.56. The van der Waals surface area contributed by atoms with Crippen LogP contribution in [-0.4, -0.2) is 27.5 Å². The lowest BCUT2D eigenvalue weighted by Crippen LogP contribution is -2.49. The quantitative estimate of drug-likeness (QED) is 0.356. The third-order valence-electron chi connectivity index (χ3n) is 5.31. The van der Waals surface area contributed by atoms with Crippen LogP contribution in [0.15, 0.2) is 61.1 Å². The molecule has 0 aliphatic rings. The normalized spacial score (nSPS) is 13.7. The average molecular weight is 526 g/mol. The van der Waals surface area contributed by atoms with E-state index < -0.39 is 23.4 Å². The van der Waals surface area contributed by atoms with E-state index in [1.807, 2.05) is 25.1 Å². The number of rotatable bonds is 8. The molecule has 2 unspecified atom stereocenters. The van der Waals surface area contributed by atoms with Gasteiger partial charge in [-0.1, -0.05) is 35.3 Å². The second-order valence-electron chi connectivity index (χ2n) is 8.64. The van der Waals surface area contributed by atoms with Gasteiger partial charge in [-0.05, 0) is 62.6 Å². The number of hydrogen-bond acceptors (Lipinski definition) is 4. The Morgan fingerprint density at radius 1 is 1.03 bits per heavy atom. The molecule has 1 amide bonds. The summed E-state index contributed by atoms with van der Waals surface area (Å²) in [4.78, 5) is 20.5. The maximum absolute atomic E-state index is 13.0. The maximum atomic E-state index is 13.0. The molecule has 10 heteroatoms. The van der Waals surface area contributed by atoms with E-state index in [1.165, 1.54) is 19.9 Å². The zero-order valence-electron chi connectivity index (χ0n) is 19.2. The molecule has 2 aromatic heterocycles. The summed E-state index contributed by atoms with van der Waals surface area (Å²) in [6.07, 6.45) is 0.127. The number of hydrogen-bond donors (Lipinski definition) is 1. The van der Waals surface area contributed by atoms with Gasteiger partial charge in [0.05, 0.1) is 5.02 Å². The number of ether oxygens (including phenoxy) is 1. The largest absolute Gasteiger partial charge is 0.478 e. The highest BCUT2D eigenvalue weighted by molar-refractivity contribution is 6.30. The van der Waals surface area contributed by atoms with Crippen molar-refractivity contribution >= 4 is 29.1 Å². The minimum Gasteiger partial charge on any atom is -0.478 e.